The van der Waals surface area contributed by atoms with Gasteiger partial charge in [-0.05, 0) is 6.92 Å². The number of aromatic nitrogens is 3. The van der Waals surface area contributed by atoms with E-state index in [-0.39, 0.29) is 22.5 Å². The van der Waals surface area contributed by atoms with Crippen LogP contribution in [0.3, 0.4) is 0 Å². The zero-order chi connectivity index (χ0) is 14.7. The highest BCUT2D eigenvalue weighted by Gasteiger charge is 2.15. The molecule has 0 saturated carbocycles. The molecule has 7 heteroatoms. The second-order valence-corrected chi connectivity index (χ2v) is 5.99. The van der Waals surface area contributed by atoms with Gasteiger partial charge in [0.2, 0.25) is 0 Å². The summed E-state index contributed by atoms with van der Waals surface area (Å²) in [6, 6.07) is 0. The van der Waals surface area contributed by atoms with Crippen molar-refractivity contribution in [2.24, 2.45) is 0 Å². The van der Waals surface area contributed by atoms with Gasteiger partial charge < -0.3 is 5.32 Å². The number of hydrogen-bond donors (Lipinski definition) is 1. The van der Waals surface area contributed by atoms with Gasteiger partial charge in [0.25, 0.3) is 5.91 Å². The highest BCUT2D eigenvalue weighted by molar-refractivity contribution is 7.09. The maximum Gasteiger partial charge on any atom is 0.271 e. The average Bonchev–Trinajstić information content (AvgIpc) is 2.82. The molecule has 0 bridgehead atoms. The van der Waals surface area contributed by atoms with E-state index in [4.69, 9.17) is 11.6 Å². The van der Waals surface area contributed by atoms with Crippen molar-refractivity contribution in [3.8, 4) is 0 Å². The Bertz CT molecular complexity index is 627. The van der Waals surface area contributed by atoms with Crippen LogP contribution in [-0.4, -0.2) is 20.9 Å². The largest absolute Gasteiger partial charge is 0.344 e. The zero-order valence-corrected chi connectivity index (χ0v) is 13.0. The van der Waals surface area contributed by atoms with Crippen LogP contribution < -0.4 is 5.32 Å². The number of thiazole rings is 1. The molecule has 0 aromatic carbocycles. The van der Waals surface area contributed by atoms with E-state index in [0.717, 1.165) is 10.7 Å². The van der Waals surface area contributed by atoms with Gasteiger partial charge in [-0.25, -0.2) is 15.0 Å². The van der Waals surface area contributed by atoms with Gasteiger partial charge >= 0.3 is 0 Å². The molecule has 0 aliphatic heterocycles. The summed E-state index contributed by atoms with van der Waals surface area (Å²) in [6.07, 6.45) is 1.46. The number of carbonyl (C=O) groups excluding carboxylic acids is 1. The first kappa shape index (κ1) is 14.9. The molecule has 0 fully saturated rings. The van der Waals surface area contributed by atoms with Crippen LogP contribution in [0.25, 0.3) is 0 Å². The molecule has 0 saturated heterocycles. The standard InChI is InChI=1S/C13H15ClN4OS/c1-7(2)12-15-4-9(14)11(18-12)13(19)16-5-10-17-8(3)6-20-10/h4,6-7H,5H2,1-3H3,(H,16,19). The van der Waals surface area contributed by atoms with Crippen LogP contribution in [0.1, 0.15) is 46.8 Å². The van der Waals surface area contributed by atoms with Crippen molar-refractivity contribution in [1.29, 1.82) is 0 Å². The summed E-state index contributed by atoms with van der Waals surface area (Å²) in [5.74, 6) is 0.428. The van der Waals surface area contributed by atoms with E-state index in [1.807, 2.05) is 26.2 Å². The summed E-state index contributed by atoms with van der Waals surface area (Å²) in [5, 5.41) is 5.81. The Kier molecular flexibility index (Phi) is 4.67. The van der Waals surface area contributed by atoms with Crippen LogP contribution >= 0.6 is 22.9 Å². The summed E-state index contributed by atoms with van der Waals surface area (Å²) < 4.78 is 0. The predicted octanol–water partition coefficient (Wildman–Crippen LogP) is 2.95. The lowest BCUT2D eigenvalue weighted by atomic mass is 10.2. The van der Waals surface area contributed by atoms with Crippen LogP contribution in [0.4, 0.5) is 0 Å². The van der Waals surface area contributed by atoms with Gasteiger partial charge in [0, 0.05) is 17.0 Å². The molecule has 2 rings (SSSR count). The lowest BCUT2D eigenvalue weighted by Gasteiger charge is -2.08. The van der Waals surface area contributed by atoms with Crippen LogP contribution in [0.5, 0.6) is 0 Å². The van der Waals surface area contributed by atoms with Crippen molar-refractivity contribution in [3.05, 3.63) is 38.8 Å². The Morgan fingerprint density at radius 3 is 2.80 bits per heavy atom. The van der Waals surface area contributed by atoms with E-state index in [0.29, 0.717) is 12.4 Å². The van der Waals surface area contributed by atoms with Crippen molar-refractivity contribution >= 4 is 28.8 Å². The number of nitrogens with one attached hydrogen (secondary N) is 1. The first-order chi connectivity index (χ1) is 9.47. The molecule has 1 amide bonds. The van der Waals surface area contributed by atoms with E-state index in [1.54, 1.807) is 0 Å². The average molecular weight is 311 g/mol. The second-order valence-electron chi connectivity index (χ2n) is 4.64. The fraction of sp³-hybridized carbons (Fsp3) is 0.385. The highest BCUT2D eigenvalue weighted by atomic mass is 35.5. The van der Waals surface area contributed by atoms with Crippen molar-refractivity contribution in [2.75, 3.05) is 0 Å². The van der Waals surface area contributed by atoms with Gasteiger partial charge in [0.15, 0.2) is 0 Å². The number of carbonyl (C=O) groups is 1. The molecule has 2 aromatic rings. The lowest BCUT2D eigenvalue weighted by molar-refractivity contribution is 0.0945. The normalized spacial score (nSPS) is 10.8. The maximum atomic E-state index is 12.1. The summed E-state index contributed by atoms with van der Waals surface area (Å²) in [6.45, 7) is 6.21. The maximum absolute atomic E-state index is 12.1. The van der Waals surface area contributed by atoms with E-state index < -0.39 is 0 Å². The van der Waals surface area contributed by atoms with Gasteiger partial charge in [-0.3, -0.25) is 4.79 Å². The third-order valence-corrected chi connectivity index (χ3v) is 3.80. The molecule has 0 atom stereocenters. The summed E-state index contributed by atoms with van der Waals surface area (Å²) in [4.78, 5) is 24.7. The topological polar surface area (TPSA) is 67.8 Å². The van der Waals surface area contributed by atoms with E-state index in [9.17, 15) is 4.79 Å². The minimum Gasteiger partial charge on any atom is -0.344 e. The molecule has 0 unspecified atom stereocenters. The molecule has 5 nitrogen and oxygen atoms in total. The van der Waals surface area contributed by atoms with Gasteiger partial charge in [0.05, 0.1) is 17.8 Å². The molecule has 20 heavy (non-hydrogen) atoms. The Hall–Kier alpha value is -1.53. The first-order valence-electron chi connectivity index (χ1n) is 6.19. The summed E-state index contributed by atoms with van der Waals surface area (Å²) >= 11 is 7.49. The van der Waals surface area contributed by atoms with Crippen LogP contribution in [0, 0.1) is 6.92 Å². The lowest BCUT2D eigenvalue weighted by Crippen LogP contribution is -2.25. The summed E-state index contributed by atoms with van der Waals surface area (Å²) in [7, 11) is 0. The molecule has 2 heterocycles. The predicted molar refractivity (Wildman–Crippen MR) is 79.2 cm³/mol. The molecule has 0 radical (unpaired) electrons. The number of hydrogen-bond acceptors (Lipinski definition) is 5. The SMILES string of the molecule is Cc1csc(CNC(=O)c2nc(C(C)C)ncc2Cl)n1. The minimum absolute atomic E-state index is 0.139. The van der Waals surface area contributed by atoms with Gasteiger partial charge in [-0.2, -0.15) is 0 Å². The Morgan fingerprint density at radius 1 is 1.45 bits per heavy atom. The Morgan fingerprint density at radius 2 is 2.20 bits per heavy atom. The fourth-order valence-corrected chi connectivity index (χ4v) is 2.43. The van der Waals surface area contributed by atoms with Crippen molar-refractivity contribution in [2.45, 2.75) is 33.2 Å². The quantitative estimate of drug-likeness (QED) is 0.942. The Labute approximate surface area is 126 Å². The number of halogens is 1. The van der Waals surface area contributed by atoms with E-state index in [2.05, 4.69) is 20.3 Å². The fourth-order valence-electron chi connectivity index (χ4n) is 1.54. The molecular weight excluding hydrogens is 296 g/mol. The van der Waals surface area contributed by atoms with Crippen molar-refractivity contribution in [1.82, 2.24) is 20.3 Å². The van der Waals surface area contributed by atoms with Gasteiger partial charge in [0.1, 0.15) is 16.5 Å². The van der Waals surface area contributed by atoms with Crippen LogP contribution in [0.2, 0.25) is 5.02 Å². The number of aryl methyl sites for hydroxylation is 1. The van der Waals surface area contributed by atoms with Crippen molar-refractivity contribution < 1.29 is 4.79 Å². The smallest absolute Gasteiger partial charge is 0.271 e. The first-order valence-corrected chi connectivity index (χ1v) is 7.44. The number of rotatable bonds is 4. The molecule has 106 valence electrons. The number of amides is 1. The van der Waals surface area contributed by atoms with E-state index >= 15 is 0 Å². The molecule has 0 aliphatic carbocycles. The molecule has 0 spiro atoms. The molecule has 1 N–H and O–H groups in total. The molecule has 0 aliphatic rings. The summed E-state index contributed by atoms with van der Waals surface area (Å²) in [5.41, 5.74) is 1.15. The van der Waals surface area contributed by atoms with Crippen molar-refractivity contribution in [3.63, 3.8) is 0 Å². The second kappa shape index (κ2) is 6.28. The Balaban J connectivity index is 2.10. The van der Waals surface area contributed by atoms with Gasteiger partial charge in [-0.15, -0.1) is 11.3 Å². The minimum atomic E-state index is -0.313. The third kappa shape index (κ3) is 3.52. The van der Waals surface area contributed by atoms with Gasteiger partial charge in [-0.1, -0.05) is 25.4 Å². The van der Waals surface area contributed by atoms with Crippen LogP contribution in [0.15, 0.2) is 11.6 Å². The highest BCUT2D eigenvalue weighted by Crippen LogP contribution is 2.16. The molecular formula is C13H15ClN4OS. The van der Waals surface area contributed by atoms with Crippen LogP contribution in [-0.2, 0) is 6.54 Å². The third-order valence-electron chi connectivity index (χ3n) is 2.56. The number of nitrogens with zero attached hydrogens (tertiary/aromatic N) is 3. The monoisotopic (exact) mass is 310 g/mol. The molecule has 2 aromatic heterocycles. The van der Waals surface area contributed by atoms with E-state index in [1.165, 1.54) is 17.5 Å². The zero-order valence-electron chi connectivity index (χ0n) is 11.5.